The van der Waals surface area contributed by atoms with Crippen molar-refractivity contribution in [2.24, 2.45) is 0 Å². The second kappa shape index (κ2) is 8.38. The Labute approximate surface area is 134 Å². The number of benzene rings is 2. The molecule has 118 valence electrons. The summed E-state index contributed by atoms with van der Waals surface area (Å²) >= 11 is 0. The first-order chi connectivity index (χ1) is 11.2. The molecule has 0 bridgehead atoms. The summed E-state index contributed by atoms with van der Waals surface area (Å²) in [6, 6.07) is 16.9. The summed E-state index contributed by atoms with van der Waals surface area (Å²) in [5, 5.41) is 2.52. The van der Waals surface area contributed by atoms with E-state index in [0.717, 1.165) is 17.2 Å². The zero-order chi connectivity index (χ0) is 16.5. The number of ether oxygens (including phenoxy) is 2. The molecule has 0 radical (unpaired) electrons. The van der Waals surface area contributed by atoms with E-state index in [2.05, 4.69) is 11.9 Å². The van der Waals surface area contributed by atoms with Crippen LogP contribution in [0.15, 0.2) is 67.3 Å². The normalized spacial score (nSPS) is 9.74. The van der Waals surface area contributed by atoms with E-state index in [0.29, 0.717) is 5.75 Å². The van der Waals surface area contributed by atoms with Gasteiger partial charge < -0.3 is 14.8 Å². The van der Waals surface area contributed by atoms with Crippen molar-refractivity contribution >= 4 is 12.1 Å². The van der Waals surface area contributed by atoms with Crippen LogP contribution >= 0.6 is 0 Å². The molecule has 2 rings (SSSR count). The van der Waals surface area contributed by atoms with Crippen molar-refractivity contribution in [3.8, 4) is 16.9 Å². The van der Waals surface area contributed by atoms with Gasteiger partial charge in [0.15, 0.2) is 0 Å². The minimum absolute atomic E-state index is 0.0558. The second-order valence-corrected chi connectivity index (χ2v) is 4.55. The molecule has 1 amide bonds. The third kappa shape index (κ3) is 5.00. The molecule has 0 aliphatic rings. The van der Waals surface area contributed by atoms with E-state index in [4.69, 9.17) is 9.47 Å². The Bertz CT molecular complexity index is 682. The molecule has 2 aromatic rings. The van der Waals surface area contributed by atoms with E-state index in [1.54, 1.807) is 12.1 Å². The summed E-state index contributed by atoms with van der Waals surface area (Å²) in [4.78, 5) is 22.7. The Morgan fingerprint density at radius 1 is 1.04 bits per heavy atom. The standard InChI is InChI=1S/C18H17NO4/c1-2-17(20)22-13-12-19-18(21)23-16-11-7-6-10-15(16)14-8-4-3-5-9-14/h2-11H,1,12-13H2,(H,19,21). The first-order valence-corrected chi connectivity index (χ1v) is 7.10. The van der Waals surface area contributed by atoms with Crippen molar-refractivity contribution in [1.29, 1.82) is 0 Å². The first kappa shape index (κ1) is 16.3. The van der Waals surface area contributed by atoms with E-state index in [-0.39, 0.29) is 13.2 Å². The molecule has 0 aliphatic heterocycles. The molecule has 0 fully saturated rings. The van der Waals surface area contributed by atoms with Gasteiger partial charge in [-0.15, -0.1) is 0 Å². The Morgan fingerprint density at radius 3 is 2.48 bits per heavy atom. The highest BCUT2D eigenvalue weighted by molar-refractivity contribution is 5.81. The van der Waals surface area contributed by atoms with E-state index < -0.39 is 12.1 Å². The molecule has 2 aromatic carbocycles. The minimum Gasteiger partial charge on any atom is -0.461 e. The Hall–Kier alpha value is -3.08. The molecule has 0 saturated heterocycles. The lowest BCUT2D eigenvalue weighted by Gasteiger charge is -2.11. The summed E-state index contributed by atoms with van der Waals surface area (Å²) in [5.41, 5.74) is 1.78. The van der Waals surface area contributed by atoms with Crippen LogP contribution in [0.1, 0.15) is 0 Å². The van der Waals surface area contributed by atoms with Crippen molar-refractivity contribution in [3.63, 3.8) is 0 Å². The number of esters is 1. The van der Waals surface area contributed by atoms with Crippen LogP contribution in [-0.4, -0.2) is 25.2 Å². The molecular weight excluding hydrogens is 294 g/mol. The number of hydrogen-bond acceptors (Lipinski definition) is 4. The van der Waals surface area contributed by atoms with Crippen molar-refractivity contribution < 1.29 is 19.1 Å². The molecule has 0 heterocycles. The van der Waals surface area contributed by atoms with Gasteiger partial charge in [-0.2, -0.15) is 0 Å². The summed E-state index contributed by atoms with van der Waals surface area (Å²) in [7, 11) is 0. The maximum absolute atomic E-state index is 11.8. The van der Waals surface area contributed by atoms with Crippen LogP contribution in [0.3, 0.4) is 0 Å². The highest BCUT2D eigenvalue weighted by Crippen LogP contribution is 2.29. The van der Waals surface area contributed by atoms with E-state index in [1.165, 1.54) is 0 Å². The van der Waals surface area contributed by atoms with Gasteiger partial charge in [0.1, 0.15) is 12.4 Å². The maximum Gasteiger partial charge on any atom is 0.412 e. The molecule has 1 N–H and O–H groups in total. The molecule has 0 aromatic heterocycles. The van der Waals surface area contributed by atoms with Crippen molar-refractivity contribution in [2.75, 3.05) is 13.2 Å². The van der Waals surface area contributed by atoms with Crippen LogP contribution in [0.5, 0.6) is 5.75 Å². The van der Waals surface area contributed by atoms with Gasteiger partial charge >= 0.3 is 12.1 Å². The lowest BCUT2D eigenvalue weighted by molar-refractivity contribution is -0.137. The largest absolute Gasteiger partial charge is 0.461 e. The molecular formula is C18H17NO4. The third-order valence-electron chi connectivity index (χ3n) is 2.96. The number of carbonyl (C=O) groups is 2. The van der Waals surface area contributed by atoms with Crippen LogP contribution in [-0.2, 0) is 9.53 Å². The van der Waals surface area contributed by atoms with Gasteiger partial charge in [-0.25, -0.2) is 9.59 Å². The van der Waals surface area contributed by atoms with Gasteiger partial charge in [-0.1, -0.05) is 55.1 Å². The highest BCUT2D eigenvalue weighted by atomic mass is 16.6. The number of rotatable bonds is 6. The van der Waals surface area contributed by atoms with Crippen LogP contribution < -0.4 is 10.1 Å². The van der Waals surface area contributed by atoms with Crippen molar-refractivity contribution in [1.82, 2.24) is 5.32 Å². The Morgan fingerprint density at radius 2 is 1.74 bits per heavy atom. The van der Waals surface area contributed by atoms with Gasteiger partial charge in [0, 0.05) is 11.6 Å². The second-order valence-electron chi connectivity index (χ2n) is 4.55. The predicted octanol–water partition coefficient (Wildman–Crippen LogP) is 3.17. The zero-order valence-corrected chi connectivity index (χ0v) is 12.5. The summed E-state index contributed by atoms with van der Waals surface area (Å²) < 4.78 is 10.1. The van der Waals surface area contributed by atoms with Gasteiger partial charge in [0.2, 0.25) is 0 Å². The smallest absolute Gasteiger partial charge is 0.412 e. The molecule has 5 heteroatoms. The van der Waals surface area contributed by atoms with E-state index in [9.17, 15) is 9.59 Å². The average molecular weight is 311 g/mol. The monoisotopic (exact) mass is 311 g/mol. The van der Waals surface area contributed by atoms with Gasteiger partial charge in [0.25, 0.3) is 0 Å². The SMILES string of the molecule is C=CC(=O)OCCNC(=O)Oc1ccccc1-c1ccccc1. The van der Waals surface area contributed by atoms with E-state index in [1.807, 2.05) is 42.5 Å². The van der Waals surface area contributed by atoms with Gasteiger partial charge in [0.05, 0.1) is 6.54 Å². The number of para-hydroxylation sites is 1. The molecule has 0 saturated carbocycles. The fourth-order valence-corrected chi connectivity index (χ4v) is 1.91. The zero-order valence-electron chi connectivity index (χ0n) is 12.5. The first-order valence-electron chi connectivity index (χ1n) is 7.10. The maximum atomic E-state index is 11.8. The van der Waals surface area contributed by atoms with Crippen molar-refractivity contribution in [3.05, 3.63) is 67.3 Å². The molecule has 0 atom stereocenters. The van der Waals surface area contributed by atoms with Crippen LogP contribution in [0.2, 0.25) is 0 Å². The average Bonchev–Trinajstić information content (AvgIpc) is 2.59. The van der Waals surface area contributed by atoms with E-state index >= 15 is 0 Å². The number of amides is 1. The molecule has 5 nitrogen and oxygen atoms in total. The van der Waals surface area contributed by atoms with Crippen LogP contribution in [0, 0.1) is 0 Å². The molecule has 23 heavy (non-hydrogen) atoms. The van der Waals surface area contributed by atoms with Gasteiger partial charge in [-0.3, -0.25) is 0 Å². The quantitative estimate of drug-likeness (QED) is 0.505. The fourth-order valence-electron chi connectivity index (χ4n) is 1.91. The number of hydrogen-bond donors (Lipinski definition) is 1. The fraction of sp³-hybridized carbons (Fsp3) is 0.111. The Kier molecular flexibility index (Phi) is 5.94. The molecule has 0 aliphatic carbocycles. The molecule has 0 spiro atoms. The van der Waals surface area contributed by atoms with Gasteiger partial charge in [-0.05, 0) is 11.6 Å². The summed E-state index contributed by atoms with van der Waals surface area (Å²) in [5.74, 6) is -0.0751. The highest BCUT2D eigenvalue weighted by Gasteiger charge is 2.10. The summed E-state index contributed by atoms with van der Waals surface area (Å²) in [6.45, 7) is 3.50. The van der Waals surface area contributed by atoms with Crippen molar-refractivity contribution in [2.45, 2.75) is 0 Å². The van der Waals surface area contributed by atoms with Crippen LogP contribution in [0.4, 0.5) is 4.79 Å². The Balaban J connectivity index is 1.94. The lowest BCUT2D eigenvalue weighted by Crippen LogP contribution is -2.30. The summed E-state index contributed by atoms with van der Waals surface area (Å²) in [6.07, 6.45) is 0.456. The number of nitrogens with one attached hydrogen (secondary N) is 1. The minimum atomic E-state index is -0.608. The van der Waals surface area contributed by atoms with Crippen LogP contribution in [0.25, 0.3) is 11.1 Å². The lowest BCUT2D eigenvalue weighted by atomic mass is 10.1. The topological polar surface area (TPSA) is 64.6 Å². The number of carbonyl (C=O) groups excluding carboxylic acids is 2. The third-order valence-corrected chi connectivity index (χ3v) is 2.96. The molecule has 0 unspecified atom stereocenters. The predicted molar refractivity (Wildman–Crippen MR) is 87.1 cm³/mol.